The van der Waals surface area contributed by atoms with Crippen molar-refractivity contribution in [3.05, 3.63) is 34.3 Å². The predicted molar refractivity (Wildman–Crippen MR) is 86.9 cm³/mol. The van der Waals surface area contributed by atoms with Gasteiger partial charge < -0.3 is 5.32 Å². The van der Waals surface area contributed by atoms with Gasteiger partial charge in [0.15, 0.2) is 0 Å². The van der Waals surface area contributed by atoms with Gasteiger partial charge >= 0.3 is 0 Å². The minimum Gasteiger partial charge on any atom is -0.311 e. The van der Waals surface area contributed by atoms with Crippen LogP contribution < -0.4 is 5.32 Å². The average Bonchev–Trinajstić information content (AvgIpc) is 2.37. The lowest BCUT2D eigenvalue weighted by molar-refractivity contribution is -0.0399. The summed E-state index contributed by atoms with van der Waals surface area (Å²) in [5.74, 6) is 1.91. The Morgan fingerprint density at radius 1 is 1.10 bits per heavy atom. The summed E-state index contributed by atoms with van der Waals surface area (Å²) in [4.78, 5) is 0. The Morgan fingerprint density at radius 2 is 1.75 bits per heavy atom. The Balaban J connectivity index is 1.73. The maximum absolute atomic E-state index is 3.89. The zero-order valence-corrected chi connectivity index (χ0v) is 13.9. The van der Waals surface area contributed by atoms with Crippen molar-refractivity contribution in [3.8, 4) is 0 Å². The van der Waals surface area contributed by atoms with E-state index in [4.69, 9.17) is 0 Å². The van der Waals surface area contributed by atoms with Crippen LogP contribution in [0.5, 0.6) is 0 Å². The molecule has 0 saturated heterocycles. The highest BCUT2D eigenvalue weighted by molar-refractivity contribution is 9.10. The number of halogens is 1. The van der Waals surface area contributed by atoms with Crippen LogP contribution in [0.3, 0.4) is 0 Å². The van der Waals surface area contributed by atoms with Gasteiger partial charge in [-0.05, 0) is 80.0 Å². The van der Waals surface area contributed by atoms with Gasteiger partial charge in [-0.1, -0.05) is 35.0 Å². The van der Waals surface area contributed by atoms with Crippen LogP contribution in [-0.2, 0) is 5.41 Å². The van der Waals surface area contributed by atoms with Crippen LogP contribution in [0.4, 0.5) is 0 Å². The SMILES string of the molecule is CCNC12CC3CC(C1)CC(c1ccc(Br)cc1)(C3)C2. The first-order chi connectivity index (χ1) is 9.63. The second kappa shape index (κ2) is 4.58. The summed E-state index contributed by atoms with van der Waals surface area (Å²) >= 11 is 3.58. The summed E-state index contributed by atoms with van der Waals surface area (Å²) in [6.07, 6.45) is 8.57. The number of benzene rings is 1. The molecule has 4 fully saturated rings. The van der Waals surface area contributed by atoms with Crippen molar-refractivity contribution in [2.75, 3.05) is 6.54 Å². The smallest absolute Gasteiger partial charge is 0.0195 e. The Morgan fingerprint density at radius 3 is 2.35 bits per heavy atom. The van der Waals surface area contributed by atoms with E-state index in [-0.39, 0.29) is 0 Å². The Labute approximate surface area is 130 Å². The largest absolute Gasteiger partial charge is 0.311 e. The monoisotopic (exact) mass is 333 g/mol. The zero-order chi connectivity index (χ0) is 13.8. The molecular formula is C18H24BrN. The molecule has 0 amide bonds. The Kier molecular flexibility index (Phi) is 3.05. The summed E-state index contributed by atoms with van der Waals surface area (Å²) in [7, 11) is 0. The van der Waals surface area contributed by atoms with Crippen LogP contribution >= 0.6 is 15.9 Å². The molecule has 20 heavy (non-hydrogen) atoms. The molecule has 1 aromatic carbocycles. The van der Waals surface area contributed by atoms with E-state index in [0.717, 1.165) is 18.4 Å². The standard InChI is InChI=1S/C18H24BrN/c1-2-20-18-10-13-7-14(11-18)9-17(8-13,12-18)15-3-5-16(19)6-4-15/h3-6,13-14,20H,2,7-12H2,1H3. The van der Waals surface area contributed by atoms with Crippen LogP contribution in [-0.4, -0.2) is 12.1 Å². The van der Waals surface area contributed by atoms with E-state index in [0.29, 0.717) is 11.0 Å². The lowest BCUT2D eigenvalue weighted by Gasteiger charge is -2.62. The van der Waals surface area contributed by atoms with Crippen molar-refractivity contribution in [1.82, 2.24) is 5.32 Å². The van der Waals surface area contributed by atoms with Crippen molar-refractivity contribution >= 4 is 15.9 Å². The lowest BCUT2D eigenvalue weighted by atomic mass is 9.45. The first-order valence-electron chi connectivity index (χ1n) is 8.14. The minimum atomic E-state index is 0.450. The molecule has 0 aliphatic heterocycles. The highest BCUT2D eigenvalue weighted by Gasteiger charge is 2.57. The second-order valence-corrected chi connectivity index (χ2v) is 8.47. The molecule has 4 bridgehead atoms. The molecule has 1 nitrogen and oxygen atoms in total. The van der Waals surface area contributed by atoms with E-state index in [1.165, 1.54) is 43.0 Å². The third-order valence-corrected chi connectivity index (χ3v) is 6.60. The molecule has 4 saturated carbocycles. The van der Waals surface area contributed by atoms with Crippen LogP contribution in [0, 0.1) is 11.8 Å². The van der Waals surface area contributed by atoms with E-state index < -0.39 is 0 Å². The molecule has 0 spiro atoms. The maximum atomic E-state index is 3.89. The second-order valence-electron chi connectivity index (χ2n) is 7.56. The third kappa shape index (κ3) is 1.99. The minimum absolute atomic E-state index is 0.450. The number of rotatable bonds is 3. The molecule has 5 rings (SSSR count). The van der Waals surface area contributed by atoms with Gasteiger partial charge in [0.1, 0.15) is 0 Å². The predicted octanol–water partition coefficient (Wildman–Crippen LogP) is 4.65. The highest BCUT2D eigenvalue weighted by Crippen LogP contribution is 2.62. The number of nitrogens with one attached hydrogen (secondary N) is 1. The zero-order valence-electron chi connectivity index (χ0n) is 12.3. The Bertz CT molecular complexity index is 493. The first kappa shape index (κ1) is 13.3. The molecule has 108 valence electrons. The summed E-state index contributed by atoms with van der Waals surface area (Å²) in [5, 5.41) is 3.89. The molecule has 0 heterocycles. The van der Waals surface area contributed by atoms with Gasteiger partial charge in [0, 0.05) is 10.0 Å². The van der Waals surface area contributed by atoms with Gasteiger partial charge in [0.2, 0.25) is 0 Å². The topological polar surface area (TPSA) is 12.0 Å². The molecule has 4 aliphatic carbocycles. The van der Waals surface area contributed by atoms with Crippen molar-refractivity contribution in [1.29, 1.82) is 0 Å². The fourth-order valence-corrected chi connectivity index (χ4v) is 6.25. The molecule has 1 N–H and O–H groups in total. The highest BCUT2D eigenvalue weighted by atomic mass is 79.9. The molecule has 2 heteroatoms. The van der Waals surface area contributed by atoms with E-state index in [1.54, 1.807) is 5.56 Å². The summed E-state index contributed by atoms with van der Waals surface area (Å²) in [5.41, 5.74) is 2.51. The number of hydrogen-bond acceptors (Lipinski definition) is 1. The third-order valence-electron chi connectivity index (χ3n) is 6.07. The number of hydrogen-bond donors (Lipinski definition) is 1. The van der Waals surface area contributed by atoms with E-state index in [9.17, 15) is 0 Å². The van der Waals surface area contributed by atoms with Crippen molar-refractivity contribution in [2.24, 2.45) is 11.8 Å². The van der Waals surface area contributed by atoms with E-state index >= 15 is 0 Å². The van der Waals surface area contributed by atoms with Crippen molar-refractivity contribution in [3.63, 3.8) is 0 Å². The first-order valence-corrected chi connectivity index (χ1v) is 8.93. The van der Waals surface area contributed by atoms with Crippen LogP contribution in [0.2, 0.25) is 0 Å². The van der Waals surface area contributed by atoms with Crippen molar-refractivity contribution < 1.29 is 0 Å². The van der Waals surface area contributed by atoms with Gasteiger partial charge in [-0.25, -0.2) is 0 Å². The summed E-state index contributed by atoms with van der Waals surface area (Å²) in [6, 6.07) is 9.20. The molecule has 4 aliphatic rings. The molecule has 1 aromatic rings. The molecular weight excluding hydrogens is 310 g/mol. The fourth-order valence-electron chi connectivity index (χ4n) is 5.99. The molecule has 0 aromatic heterocycles. The van der Waals surface area contributed by atoms with Gasteiger partial charge in [0.25, 0.3) is 0 Å². The van der Waals surface area contributed by atoms with Crippen molar-refractivity contribution in [2.45, 2.75) is 56.4 Å². The van der Waals surface area contributed by atoms with Crippen LogP contribution in [0.1, 0.15) is 51.0 Å². The van der Waals surface area contributed by atoms with E-state index in [2.05, 4.69) is 52.4 Å². The maximum Gasteiger partial charge on any atom is 0.0195 e. The van der Waals surface area contributed by atoms with Gasteiger partial charge in [-0.15, -0.1) is 0 Å². The molecule has 2 atom stereocenters. The lowest BCUT2D eigenvalue weighted by Crippen LogP contribution is -2.63. The molecule has 0 radical (unpaired) electrons. The van der Waals surface area contributed by atoms with Gasteiger partial charge in [-0.3, -0.25) is 0 Å². The normalized spacial score (nSPS) is 42.1. The van der Waals surface area contributed by atoms with Crippen LogP contribution in [0.15, 0.2) is 28.7 Å². The summed E-state index contributed by atoms with van der Waals surface area (Å²) < 4.78 is 1.20. The van der Waals surface area contributed by atoms with Gasteiger partial charge in [-0.2, -0.15) is 0 Å². The van der Waals surface area contributed by atoms with Gasteiger partial charge in [0.05, 0.1) is 0 Å². The molecule has 2 unspecified atom stereocenters. The van der Waals surface area contributed by atoms with E-state index in [1.807, 2.05) is 0 Å². The quantitative estimate of drug-likeness (QED) is 0.848. The Hall–Kier alpha value is -0.340. The summed E-state index contributed by atoms with van der Waals surface area (Å²) in [6.45, 7) is 3.39. The average molecular weight is 334 g/mol. The fraction of sp³-hybridized carbons (Fsp3) is 0.667. The van der Waals surface area contributed by atoms with Crippen LogP contribution in [0.25, 0.3) is 0 Å².